The fraction of sp³-hybridized carbons (Fsp3) is 0.571. The van der Waals surface area contributed by atoms with Crippen molar-refractivity contribution in [2.75, 3.05) is 25.0 Å². The van der Waals surface area contributed by atoms with Crippen LogP contribution in [0.15, 0.2) is 18.3 Å². The van der Waals surface area contributed by atoms with Gasteiger partial charge in [0.1, 0.15) is 5.69 Å². The highest BCUT2D eigenvalue weighted by atomic mass is 16.3. The minimum Gasteiger partial charge on any atom is -0.396 e. The Bertz CT molecular complexity index is 419. The van der Waals surface area contributed by atoms with Gasteiger partial charge in [-0.25, -0.2) is 0 Å². The highest BCUT2D eigenvalue weighted by Gasteiger charge is 2.17. The molecule has 0 spiro atoms. The van der Waals surface area contributed by atoms with Crippen molar-refractivity contribution in [3.05, 3.63) is 24.0 Å². The van der Waals surface area contributed by atoms with E-state index in [1.54, 1.807) is 12.3 Å². The van der Waals surface area contributed by atoms with E-state index in [4.69, 9.17) is 5.11 Å². The largest absolute Gasteiger partial charge is 0.396 e. The van der Waals surface area contributed by atoms with Gasteiger partial charge in [0.2, 0.25) is 0 Å². The van der Waals surface area contributed by atoms with Crippen LogP contribution in [0.3, 0.4) is 0 Å². The number of pyridine rings is 1. The summed E-state index contributed by atoms with van der Waals surface area (Å²) >= 11 is 0. The van der Waals surface area contributed by atoms with Crippen LogP contribution in [0.2, 0.25) is 0 Å². The second kappa shape index (κ2) is 7.09. The maximum atomic E-state index is 11.7. The fourth-order valence-electron chi connectivity index (χ4n) is 1.65. The van der Waals surface area contributed by atoms with Crippen LogP contribution in [-0.2, 0) is 0 Å². The summed E-state index contributed by atoms with van der Waals surface area (Å²) in [6.07, 6.45) is 2.35. The Morgan fingerprint density at radius 2 is 2.21 bits per heavy atom. The number of hydrogen-bond donors (Lipinski definition) is 3. The van der Waals surface area contributed by atoms with Gasteiger partial charge in [-0.2, -0.15) is 0 Å². The molecule has 0 fully saturated rings. The molecule has 5 nitrogen and oxygen atoms in total. The van der Waals surface area contributed by atoms with Crippen molar-refractivity contribution in [3.8, 4) is 0 Å². The van der Waals surface area contributed by atoms with Gasteiger partial charge in [-0.05, 0) is 30.9 Å². The summed E-state index contributed by atoms with van der Waals surface area (Å²) in [6.45, 7) is 7.53. The number of aliphatic hydroxyl groups is 1. The van der Waals surface area contributed by atoms with Gasteiger partial charge in [-0.15, -0.1) is 0 Å². The lowest BCUT2D eigenvalue weighted by Crippen LogP contribution is -2.25. The van der Waals surface area contributed by atoms with Crippen molar-refractivity contribution in [3.63, 3.8) is 0 Å². The van der Waals surface area contributed by atoms with Gasteiger partial charge in [0, 0.05) is 31.6 Å². The minimum atomic E-state index is -0.166. The van der Waals surface area contributed by atoms with Gasteiger partial charge in [-0.1, -0.05) is 13.8 Å². The fourth-order valence-corrected chi connectivity index (χ4v) is 1.65. The van der Waals surface area contributed by atoms with Crippen LogP contribution in [0.25, 0.3) is 0 Å². The van der Waals surface area contributed by atoms with E-state index >= 15 is 0 Å². The first kappa shape index (κ1) is 15.4. The van der Waals surface area contributed by atoms with Gasteiger partial charge < -0.3 is 15.7 Å². The molecule has 0 aromatic carbocycles. The number of amides is 1. The van der Waals surface area contributed by atoms with Gasteiger partial charge in [0.25, 0.3) is 5.91 Å². The molecule has 1 amide bonds. The third-order valence-corrected chi connectivity index (χ3v) is 2.89. The molecule has 0 atom stereocenters. The summed E-state index contributed by atoms with van der Waals surface area (Å²) in [7, 11) is 0. The first-order valence-electron chi connectivity index (χ1n) is 6.57. The molecule has 0 aliphatic carbocycles. The maximum Gasteiger partial charge on any atom is 0.269 e. The van der Waals surface area contributed by atoms with E-state index in [1.807, 2.05) is 13.0 Å². The van der Waals surface area contributed by atoms with Gasteiger partial charge in [0.15, 0.2) is 0 Å². The van der Waals surface area contributed by atoms with Crippen molar-refractivity contribution < 1.29 is 9.90 Å². The van der Waals surface area contributed by atoms with Crippen molar-refractivity contribution >= 4 is 11.6 Å². The van der Waals surface area contributed by atoms with Gasteiger partial charge >= 0.3 is 0 Å². The monoisotopic (exact) mass is 265 g/mol. The Hall–Kier alpha value is -1.62. The Balaban J connectivity index is 2.65. The highest BCUT2D eigenvalue weighted by molar-refractivity contribution is 5.93. The molecule has 0 saturated heterocycles. The molecular formula is C14H23N3O2. The third-order valence-electron chi connectivity index (χ3n) is 2.89. The van der Waals surface area contributed by atoms with E-state index in [-0.39, 0.29) is 17.9 Å². The van der Waals surface area contributed by atoms with Crippen LogP contribution in [0, 0.1) is 5.41 Å². The van der Waals surface area contributed by atoms with Crippen molar-refractivity contribution in [1.82, 2.24) is 10.3 Å². The Morgan fingerprint density at radius 1 is 1.47 bits per heavy atom. The minimum absolute atomic E-state index is 0.00383. The molecule has 19 heavy (non-hydrogen) atoms. The van der Waals surface area contributed by atoms with Crippen molar-refractivity contribution in [2.45, 2.75) is 27.2 Å². The number of hydrogen-bond acceptors (Lipinski definition) is 4. The van der Waals surface area contributed by atoms with Crippen LogP contribution in [0.1, 0.15) is 37.7 Å². The van der Waals surface area contributed by atoms with Crippen LogP contribution in [-0.4, -0.2) is 35.7 Å². The molecule has 0 radical (unpaired) electrons. The van der Waals surface area contributed by atoms with Crippen LogP contribution < -0.4 is 10.6 Å². The van der Waals surface area contributed by atoms with E-state index in [0.717, 1.165) is 18.7 Å². The molecule has 1 heterocycles. The molecule has 0 aliphatic heterocycles. The average Bonchev–Trinajstić information content (AvgIpc) is 2.37. The molecule has 0 bridgehead atoms. The average molecular weight is 265 g/mol. The summed E-state index contributed by atoms with van der Waals surface area (Å²) in [5.74, 6) is -0.166. The van der Waals surface area contributed by atoms with Crippen molar-refractivity contribution in [2.24, 2.45) is 5.41 Å². The summed E-state index contributed by atoms with van der Waals surface area (Å²) in [4.78, 5) is 15.7. The topological polar surface area (TPSA) is 74.2 Å². The van der Waals surface area contributed by atoms with E-state index < -0.39 is 0 Å². The highest BCUT2D eigenvalue weighted by Crippen LogP contribution is 2.20. The zero-order chi connectivity index (χ0) is 14.3. The smallest absolute Gasteiger partial charge is 0.269 e. The third kappa shape index (κ3) is 5.26. The molecule has 0 unspecified atom stereocenters. The van der Waals surface area contributed by atoms with E-state index in [1.165, 1.54) is 0 Å². The number of carbonyl (C=O) groups is 1. The quantitative estimate of drug-likeness (QED) is 0.701. The number of aromatic nitrogens is 1. The molecule has 1 rings (SSSR count). The lowest BCUT2D eigenvalue weighted by Gasteiger charge is -2.24. The van der Waals surface area contributed by atoms with Crippen LogP contribution in [0.4, 0.5) is 5.69 Å². The predicted molar refractivity (Wildman–Crippen MR) is 76.2 cm³/mol. The summed E-state index contributed by atoms with van der Waals surface area (Å²) in [6, 6.07) is 3.57. The summed E-state index contributed by atoms with van der Waals surface area (Å²) in [5.41, 5.74) is 1.28. The van der Waals surface area contributed by atoms with E-state index in [2.05, 4.69) is 29.5 Å². The van der Waals surface area contributed by atoms with E-state index in [9.17, 15) is 4.79 Å². The first-order valence-corrected chi connectivity index (χ1v) is 6.57. The lowest BCUT2D eigenvalue weighted by atomic mass is 9.90. The van der Waals surface area contributed by atoms with E-state index in [0.29, 0.717) is 12.2 Å². The standard InChI is InChI=1S/C14H23N3O2/c1-4-15-13(19)12-9-11(5-7-16-12)17-10-14(2,3)6-8-18/h5,7,9,18H,4,6,8,10H2,1-3H3,(H,15,19)(H,16,17). The molecule has 0 aliphatic rings. The van der Waals surface area contributed by atoms with Gasteiger partial charge in [-0.3, -0.25) is 9.78 Å². The van der Waals surface area contributed by atoms with Crippen LogP contribution in [0.5, 0.6) is 0 Å². The van der Waals surface area contributed by atoms with Crippen LogP contribution >= 0.6 is 0 Å². The number of carbonyl (C=O) groups excluding carboxylic acids is 1. The Morgan fingerprint density at radius 3 is 2.84 bits per heavy atom. The second-order valence-corrected chi connectivity index (χ2v) is 5.28. The van der Waals surface area contributed by atoms with Crippen molar-refractivity contribution in [1.29, 1.82) is 0 Å². The number of nitrogens with zero attached hydrogens (tertiary/aromatic N) is 1. The zero-order valence-corrected chi connectivity index (χ0v) is 11.9. The number of rotatable bonds is 7. The Kier molecular flexibility index (Phi) is 5.76. The number of nitrogens with one attached hydrogen (secondary N) is 2. The predicted octanol–water partition coefficient (Wildman–Crippen LogP) is 1.65. The summed E-state index contributed by atoms with van der Waals surface area (Å²) < 4.78 is 0. The second-order valence-electron chi connectivity index (χ2n) is 5.28. The molecule has 1 aromatic heterocycles. The molecule has 3 N–H and O–H groups in total. The molecule has 5 heteroatoms. The Labute approximate surface area is 114 Å². The molecule has 0 saturated carbocycles. The lowest BCUT2D eigenvalue weighted by molar-refractivity contribution is 0.0951. The maximum absolute atomic E-state index is 11.7. The first-order chi connectivity index (χ1) is 8.98. The number of aliphatic hydroxyl groups excluding tert-OH is 1. The molecule has 1 aromatic rings. The molecular weight excluding hydrogens is 242 g/mol. The zero-order valence-electron chi connectivity index (χ0n) is 11.9. The summed E-state index contributed by atoms with van der Waals surface area (Å²) in [5, 5.41) is 15.0. The SMILES string of the molecule is CCNC(=O)c1cc(NCC(C)(C)CCO)ccn1. The molecule has 106 valence electrons. The number of anilines is 1. The van der Waals surface area contributed by atoms with Gasteiger partial charge in [0.05, 0.1) is 0 Å². The normalized spacial score (nSPS) is 11.2.